The van der Waals surface area contributed by atoms with Crippen LogP contribution in [0.5, 0.6) is 0 Å². The minimum atomic E-state index is -5.08. The van der Waals surface area contributed by atoms with Crippen LogP contribution >= 0.6 is 15.9 Å². The van der Waals surface area contributed by atoms with Gasteiger partial charge >= 0.3 is 17.9 Å². The second-order valence-corrected chi connectivity index (χ2v) is 12.2. The number of alkyl halides is 3. The summed E-state index contributed by atoms with van der Waals surface area (Å²) >= 11 is 3.07. The second-order valence-electron chi connectivity index (χ2n) is 9.05. The van der Waals surface area contributed by atoms with Crippen molar-refractivity contribution >= 4 is 43.5 Å². The Morgan fingerprint density at radius 2 is 1.68 bits per heavy atom. The Bertz CT molecular complexity index is 1830. The van der Waals surface area contributed by atoms with Gasteiger partial charge in [0.15, 0.2) is 15.5 Å². The van der Waals surface area contributed by atoms with Gasteiger partial charge in [-0.05, 0) is 62.1 Å². The predicted octanol–water partition coefficient (Wildman–Crippen LogP) is 2.89. The molecule has 5 rings (SSSR count). The van der Waals surface area contributed by atoms with Gasteiger partial charge in [-0.15, -0.1) is 0 Å². The molecule has 3 heterocycles. The minimum absolute atomic E-state index is 0.0729. The van der Waals surface area contributed by atoms with Gasteiger partial charge in [-0.1, -0.05) is 17.3 Å². The fourth-order valence-corrected chi connectivity index (χ4v) is 5.42. The molecular formula is C24H19BrF4N6O8S. The van der Waals surface area contributed by atoms with Gasteiger partial charge < -0.3 is 10.4 Å². The number of hydrogen-bond donors (Lipinski definition) is 2. The van der Waals surface area contributed by atoms with E-state index in [0.29, 0.717) is 25.2 Å². The number of benzene rings is 2. The van der Waals surface area contributed by atoms with Gasteiger partial charge in [-0.2, -0.15) is 13.2 Å². The van der Waals surface area contributed by atoms with Crippen LogP contribution in [0.3, 0.4) is 0 Å². The molecule has 44 heavy (non-hydrogen) atoms. The molecule has 4 aromatic rings. The van der Waals surface area contributed by atoms with E-state index in [4.69, 9.17) is 19.1 Å². The van der Waals surface area contributed by atoms with Crippen molar-refractivity contribution in [1.82, 2.24) is 24.9 Å². The number of amides is 1. The lowest BCUT2D eigenvalue weighted by Crippen LogP contribution is -2.39. The van der Waals surface area contributed by atoms with E-state index in [1.807, 2.05) is 4.90 Å². The van der Waals surface area contributed by atoms with Gasteiger partial charge in [-0.25, -0.2) is 31.6 Å². The van der Waals surface area contributed by atoms with Crippen LogP contribution in [0.15, 0.2) is 60.9 Å². The minimum Gasteiger partial charge on any atom is -0.475 e. The van der Waals surface area contributed by atoms with Gasteiger partial charge in [-0.3, -0.25) is 14.2 Å². The lowest BCUT2D eigenvalue weighted by atomic mass is 10.1. The summed E-state index contributed by atoms with van der Waals surface area (Å²) in [4.78, 5) is 36.1. The fraction of sp³-hybridized carbons (Fsp3) is 0.250. The van der Waals surface area contributed by atoms with E-state index in [0.717, 1.165) is 16.2 Å². The number of carbonyl (C=O) groups is 2. The Labute approximate surface area is 252 Å². The van der Waals surface area contributed by atoms with Crippen LogP contribution in [-0.4, -0.2) is 81.1 Å². The Morgan fingerprint density at radius 1 is 1.05 bits per heavy atom. The monoisotopic (exact) mass is 706 g/mol. The number of sulfone groups is 1. The summed E-state index contributed by atoms with van der Waals surface area (Å²) < 4.78 is 79.3. The quantitative estimate of drug-likeness (QED) is 0.279. The Balaban J connectivity index is 0.000000566. The van der Waals surface area contributed by atoms with Crippen LogP contribution in [0, 0.1) is 5.82 Å². The number of halogens is 5. The first-order valence-electron chi connectivity index (χ1n) is 12.1. The number of hydrogen-bond acceptors (Lipinski definition) is 11. The fourth-order valence-electron chi connectivity index (χ4n) is 3.78. The molecule has 20 heteroatoms. The molecule has 234 valence electrons. The van der Waals surface area contributed by atoms with E-state index in [9.17, 15) is 35.6 Å². The number of nitrogens with zero attached hydrogens (tertiary/aromatic N) is 5. The van der Waals surface area contributed by atoms with Gasteiger partial charge in [0.1, 0.15) is 5.82 Å². The zero-order valence-corrected chi connectivity index (χ0v) is 24.3. The second kappa shape index (κ2) is 13.1. The van der Waals surface area contributed by atoms with Crippen molar-refractivity contribution in [1.29, 1.82) is 0 Å². The van der Waals surface area contributed by atoms with Crippen LogP contribution in [0.4, 0.5) is 23.4 Å². The summed E-state index contributed by atoms with van der Waals surface area (Å²) in [5, 5.41) is 20.9. The summed E-state index contributed by atoms with van der Waals surface area (Å²) in [5.41, 5.74) is 1.41. The SMILES string of the molecule is O=C(Nc1nonc1-c1noc(=O)n1-c1ccc(F)c(Br)c1)c1ccc(CN2CCS(=O)(=O)CC2)cc1.O=C(O)C(F)(F)F. The van der Waals surface area contributed by atoms with Crippen molar-refractivity contribution in [3.05, 3.63) is 74.4 Å². The number of aromatic nitrogens is 4. The van der Waals surface area contributed by atoms with Gasteiger partial charge in [0.2, 0.25) is 11.6 Å². The third-order valence-corrected chi connectivity index (χ3v) is 8.22. The maximum absolute atomic E-state index is 13.7. The van der Waals surface area contributed by atoms with E-state index in [1.54, 1.807) is 24.3 Å². The number of carboxylic acids is 1. The first-order valence-corrected chi connectivity index (χ1v) is 14.8. The van der Waals surface area contributed by atoms with Gasteiger partial charge in [0, 0.05) is 25.2 Å². The third-order valence-electron chi connectivity index (χ3n) is 6.00. The van der Waals surface area contributed by atoms with Crippen molar-refractivity contribution in [2.75, 3.05) is 29.9 Å². The highest BCUT2D eigenvalue weighted by Crippen LogP contribution is 2.26. The Kier molecular flexibility index (Phi) is 9.64. The van der Waals surface area contributed by atoms with Crippen LogP contribution in [0.25, 0.3) is 17.2 Å². The molecule has 1 aliphatic rings. The smallest absolute Gasteiger partial charge is 0.475 e. The van der Waals surface area contributed by atoms with Crippen LogP contribution in [-0.2, 0) is 21.2 Å². The lowest BCUT2D eigenvalue weighted by molar-refractivity contribution is -0.192. The average Bonchev–Trinajstić information content (AvgIpc) is 3.57. The summed E-state index contributed by atoms with van der Waals surface area (Å²) in [7, 11) is -2.96. The molecular weight excluding hydrogens is 688 g/mol. The highest BCUT2D eigenvalue weighted by atomic mass is 79.9. The third kappa shape index (κ3) is 7.94. The molecule has 1 aliphatic heterocycles. The number of carbonyl (C=O) groups excluding carboxylic acids is 1. The lowest BCUT2D eigenvalue weighted by Gasteiger charge is -2.26. The van der Waals surface area contributed by atoms with Crippen LogP contribution in [0.2, 0.25) is 0 Å². The predicted molar refractivity (Wildman–Crippen MR) is 145 cm³/mol. The molecule has 1 amide bonds. The molecule has 0 unspecified atom stereocenters. The van der Waals surface area contributed by atoms with Crippen LogP contribution < -0.4 is 11.1 Å². The topological polar surface area (TPSA) is 191 Å². The van der Waals surface area contributed by atoms with E-state index >= 15 is 0 Å². The standard InChI is InChI=1S/C22H18BrFN6O6S.C2HF3O2/c23-16-11-15(5-6-17(16)24)30-20(28-35-22(30)32)18-19(27-36-26-18)25-21(31)14-3-1-13(2-4-14)12-29-7-9-37(33,34)10-8-29;3-2(4,5)1(6)7/h1-6,11H,7-10,12H2,(H,25,27,31);(H,6,7). The molecule has 0 saturated carbocycles. The largest absolute Gasteiger partial charge is 0.490 e. The molecule has 1 saturated heterocycles. The summed E-state index contributed by atoms with van der Waals surface area (Å²) in [6.45, 7) is 1.50. The van der Waals surface area contributed by atoms with Crippen molar-refractivity contribution in [2.45, 2.75) is 12.7 Å². The Morgan fingerprint density at radius 3 is 2.27 bits per heavy atom. The molecule has 1 fully saturated rings. The number of anilines is 1. The van der Waals surface area contributed by atoms with Crippen molar-refractivity contribution in [3.8, 4) is 17.2 Å². The molecule has 2 aromatic carbocycles. The summed E-state index contributed by atoms with van der Waals surface area (Å²) in [5.74, 6) is -4.61. The molecule has 0 radical (unpaired) electrons. The summed E-state index contributed by atoms with van der Waals surface area (Å²) in [6, 6.07) is 10.7. The summed E-state index contributed by atoms with van der Waals surface area (Å²) in [6.07, 6.45) is -5.08. The van der Waals surface area contributed by atoms with Crippen molar-refractivity contribution in [3.63, 3.8) is 0 Å². The average molecular weight is 707 g/mol. The van der Waals surface area contributed by atoms with E-state index in [1.165, 1.54) is 12.1 Å². The zero-order chi connectivity index (χ0) is 32.2. The van der Waals surface area contributed by atoms with Crippen LogP contribution in [0.1, 0.15) is 15.9 Å². The number of nitrogens with one attached hydrogen (secondary N) is 1. The number of rotatable bonds is 6. The zero-order valence-electron chi connectivity index (χ0n) is 21.9. The highest BCUT2D eigenvalue weighted by molar-refractivity contribution is 9.10. The van der Waals surface area contributed by atoms with E-state index < -0.39 is 39.5 Å². The molecule has 2 aromatic heterocycles. The van der Waals surface area contributed by atoms with Crippen molar-refractivity contribution < 1.29 is 49.8 Å². The highest BCUT2D eigenvalue weighted by Gasteiger charge is 2.38. The normalized spacial score (nSPS) is 14.8. The van der Waals surface area contributed by atoms with E-state index in [-0.39, 0.29) is 39.0 Å². The maximum atomic E-state index is 13.7. The Hall–Kier alpha value is -4.43. The van der Waals surface area contributed by atoms with Crippen molar-refractivity contribution in [2.24, 2.45) is 0 Å². The molecule has 14 nitrogen and oxygen atoms in total. The number of carboxylic acid groups (broad SMARTS) is 1. The first-order chi connectivity index (χ1) is 20.6. The van der Waals surface area contributed by atoms with Gasteiger partial charge in [0.25, 0.3) is 5.91 Å². The molecule has 2 N–H and O–H groups in total. The number of aliphatic carboxylic acids is 1. The maximum Gasteiger partial charge on any atom is 0.490 e. The first kappa shape index (κ1) is 32.5. The molecule has 0 spiro atoms. The molecule has 0 bridgehead atoms. The molecule has 0 aliphatic carbocycles. The van der Waals surface area contributed by atoms with Gasteiger partial charge in [0.05, 0.1) is 21.7 Å². The van der Waals surface area contributed by atoms with E-state index in [2.05, 4.69) is 36.7 Å². The molecule has 0 atom stereocenters.